The van der Waals surface area contributed by atoms with E-state index in [9.17, 15) is 4.79 Å². The number of nitrogens with zero attached hydrogens (tertiary/aromatic N) is 1. The number of hydrogen-bond donors (Lipinski definition) is 1. The van der Waals surface area contributed by atoms with Gasteiger partial charge in [0, 0.05) is 6.20 Å². The van der Waals surface area contributed by atoms with Gasteiger partial charge in [-0.1, -0.05) is 0 Å². The molecule has 3 nitrogen and oxygen atoms in total. The first kappa shape index (κ1) is 7.72. The minimum absolute atomic E-state index is 0.000926. The molecule has 0 saturated heterocycles. The van der Waals surface area contributed by atoms with Gasteiger partial charge in [-0.3, -0.25) is 9.78 Å². The van der Waals surface area contributed by atoms with Gasteiger partial charge in [-0.05, 0) is 19.1 Å². The summed E-state index contributed by atoms with van der Waals surface area (Å²) in [5.74, 6) is 0.0849. The summed E-state index contributed by atoms with van der Waals surface area (Å²) in [6.07, 6.45) is 1.75. The van der Waals surface area contributed by atoms with Crippen molar-refractivity contribution in [3.63, 3.8) is 0 Å². The van der Waals surface area contributed by atoms with Crippen LogP contribution in [0.4, 0.5) is 0 Å². The van der Waals surface area contributed by atoms with Crippen LogP contribution in [0.25, 0.3) is 0 Å². The van der Waals surface area contributed by atoms with Crippen molar-refractivity contribution < 1.29 is 9.90 Å². The number of rotatable bonds is 2. The summed E-state index contributed by atoms with van der Waals surface area (Å²) in [7, 11) is 0. The molecule has 3 heteroatoms. The summed E-state index contributed by atoms with van der Waals surface area (Å²) in [6, 6.07) is 3.14. The third-order valence-corrected chi connectivity index (χ3v) is 1.28. The molecule has 1 aromatic rings. The Morgan fingerprint density at radius 2 is 2.45 bits per heavy atom. The number of aromatic hydroxyl groups is 1. The topological polar surface area (TPSA) is 50.2 Å². The van der Waals surface area contributed by atoms with Crippen LogP contribution < -0.4 is 0 Å². The van der Waals surface area contributed by atoms with Gasteiger partial charge in [0.2, 0.25) is 0 Å². The maximum absolute atomic E-state index is 10.6. The normalized spacial score (nSPS) is 9.55. The molecule has 1 aromatic heterocycles. The lowest BCUT2D eigenvalue weighted by Crippen LogP contribution is -1.98. The molecule has 58 valence electrons. The summed E-state index contributed by atoms with van der Waals surface area (Å²) in [4.78, 5) is 14.5. The fourth-order valence-electron chi connectivity index (χ4n) is 0.802. The summed E-state index contributed by atoms with van der Waals surface area (Å²) in [6.45, 7) is 1.47. The minimum atomic E-state index is -0.000926. The predicted octanol–water partition coefficient (Wildman–Crippen LogP) is 0.919. The van der Waals surface area contributed by atoms with E-state index in [1.165, 1.54) is 13.0 Å². The second-order valence-electron chi connectivity index (χ2n) is 2.35. The molecule has 0 aliphatic rings. The van der Waals surface area contributed by atoms with Gasteiger partial charge in [0.1, 0.15) is 11.5 Å². The van der Waals surface area contributed by atoms with E-state index in [0.29, 0.717) is 5.69 Å². The molecule has 0 saturated carbocycles. The molecule has 0 unspecified atom stereocenters. The maximum atomic E-state index is 10.6. The third-order valence-electron chi connectivity index (χ3n) is 1.28. The van der Waals surface area contributed by atoms with Crippen LogP contribution in [0.1, 0.15) is 12.6 Å². The highest BCUT2D eigenvalue weighted by atomic mass is 16.3. The highest BCUT2D eigenvalue weighted by Gasteiger charge is 2.02. The molecule has 0 bridgehead atoms. The van der Waals surface area contributed by atoms with E-state index in [1.54, 1.807) is 12.3 Å². The van der Waals surface area contributed by atoms with Crippen molar-refractivity contribution in [2.45, 2.75) is 13.3 Å². The Labute approximate surface area is 64.7 Å². The fraction of sp³-hybridized carbons (Fsp3) is 0.250. The smallest absolute Gasteiger partial charge is 0.137 e. The molecule has 1 N–H and O–H groups in total. The molecule has 1 heterocycles. The van der Waals surface area contributed by atoms with Crippen LogP contribution in [-0.4, -0.2) is 15.9 Å². The van der Waals surface area contributed by atoms with Gasteiger partial charge in [0.05, 0.1) is 12.1 Å². The van der Waals surface area contributed by atoms with E-state index >= 15 is 0 Å². The molecule has 1 rings (SSSR count). The Bertz CT molecular complexity index is 271. The standard InChI is InChI=1S/C8H9NO2/c1-6(10)5-7-8(11)3-2-4-9-7/h2-4,11H,5H2,1H3. The van der Waals surface area contributed by atoms with Crippen molar-refractivity contribution in [2.24, 2.45) is 0 Å². The van der Waals surface area contributed by atoms with E-state index in [0.717, 1.165) is 0 Å². The highest BCUT2D eigenvalue weighted by molar-refractivity contribution is 5.78. The molecule has 11 heavy (non-hydrogen) atoms. The predicted molar refractivity (Wildman–Crippen MR) is 40.3 cm³/mol. The van der Waals surface area contributed by atoms with E-state index < -0.39 is 0 Å². The maximum Gasteiger partial charge on any atom is 0.137 e. The number of hydrogen-bond acceptors (Lipinski definition) is 3. The number of carbonyl (C=O) groups is 1. The zero-order chi connectivity index (χ0) is 8.27. The Balaban J connectivity index is 2.86. The number of carbonyl (C=O) groups excluding carboxylic acids is 1. The molecule has 0 aliphatic heterocycles. The van der Waals surface area contributed by atoms with Crippen LogP contribution in [0.3, 0.4) is 0 Å². The lowest BCUT2D eigenvalue weighted by Gasteiger charge is -1.98. The summed E-state index contributed by atoms with van der Waals surface area (Å²) in [5.41, 5.74) is 0.444. The Morgan fingerprint density at radius 3 is 3.00 bits per heavy atom. The molecule has 0 spiro atoms. The van der Waals surface area contributed by atoms with Gasteiger partial charge < -0.3 is 5.11 Å². The molecule has 0 aromatic carbocycles. The number of ketones is 1. The second kappa shape index (κ2) is 3.14. The van der Waals surface area contributed by atoms with E-state index in [1.807, 2.05) is 0 Å². The lowest BCUT2D eigenvalue weighted by atomic mass is 10.2. The molecule has 0 aliphatic carbocycles. The van der Waals surface area contributed by atoms with Crippen LogP contribution in [0, 0.1) is 0 Å². The Kier molecular flexibility index (Phi) is 2.21. The van der Waals surface area contributed by atoms with E-state index in [-0.39, 0.29) is 18.0 Å². The van der Waals surface area contributed by atoms with Crippen LogP contribution in [-0.2, 0) is 11.2 Å². The Morgan fingerprint density at radius 1 is 1.73 bits per heavy atom. The molecule has 0 amide bonds. The largest absolute Gasteiger partial charge is 0.506 e. The van der Waals surface area contributed by atoms with Crippen molar-refractivity contribution in [3.8, 4) is 5.75 Å². The van der Waals surface area contributed by atoms with Gasteiger partial charge >= 0.3 is 0 Å². The quantitative estimate of drug-likeness (QED) is 0.683. The second-order valence-corrected chi connectivity index (χ2v) is 2.35. The van der Waals surface area contributed by atoms with E-state index in [4.69, 9.17) is 5.11 Å². The van der Waals surface area contributed by atoms with Gasteiger partial charge in [-0.25, -0.2) is 0 Å². The average Bonchev–Trinajstić information content (AvgIpc) is 1.93. The van der Waals surface area contributed by atoms with Crippen molar-refractivity contribution >= 4 is 5.78 Å². The zero-order valence-electron chi connectivity index (χ0n) is 6.24. The monoisotopic (exact) mass is 151 g/mol. The van der Waals surface area contributed by atoms with Gasteiger partial charge in [0.25, 0.3) is 0 Å². The van der Waals surface area contributed by atoms with Gasteiger partial charge in [0.15, 0.2) is 0 Å². The highest BCUT2D eigenvalue weighted by Crippen LogP contribution is 2.12. The number of aromatic nitrogens is 1. The van der Waals surface area contributed by atoms with Gasteiger partial charge in [-0.2, -0.15) is 0 Å². The van der Waals surface area contributed by atoms with Crippen molar-refractivity contribution in [1.29, 1.82) is 0 Å². The number of pyridine rings is 1. The van der Waals surface area contributed by atoms with E-state index in [2.05, 4.69) is 4.98 Å². The van der Waals surface area contributed by atoms with Crippen LogP contribution in [0.15, 0.2) is 18.3 Å². The molecule has 0 radical (unpaired) electrons. The summed E-state index contributed by atoms with van der Waals surface area (Å²) < 4.78 is 0. The van der Waals surface area contributed by atoms with Crippen LogP contribution in [0.2, 0.25) is 0 Å². The Hall–Kier alpha value is -1.38. The van der Waals surface area contributed by atoms with Gasteiger partial charge in [-0.15, -0.1) is 0 Å². The molecule has 0 atom stereocenters. The number of Topliss-reactive ketones (excluding diaryl/α,β-unsaturated/α-hetero) is 1. The van der Waals surface area contributed by atoms with Crippen LogP contribution in [0.5, 0.6) is 5.75 Å². The van der Waals surface area contributed by atoms with Crippen LogP contribution >= 0.6 is 0 Å². The summed E-state index contributed by atoms with van der Waals surface area (Å²) in [5, 5.41) is 9.14. The zero-order valence-corrected chi connectivity index (χ0v) is 6.24. The first-order valence-electron chi connectivity index (χ1n) is 3.32. The molecular formula is C8H9NO2. The molecular weight excluding hydrogens is 142 g/mol. The third kappa shape index (κ3) is 2.04. The van der Waals surface area contributed by atoms with Crippen molar-refractivity contribution in [1.82, 2.24) is 4.98 Å². The van der Waals surface area contributed by atoms with Crippen molar-refractivity contribution in [3.05, 3.63) is 24.0 Å². The molecule has 0 fully saturated rings. The van der Waals surface area contributed by atoms with Crippen molar-refractivity contribution in [2.75, 3.05) is 0 Å². The fourth-order valence-corrected chi connectivity index (χ4v) is 0.802. The first-order valence-corrected chi connectivity index (χ1v) is 3.32. The summed E-state index contributed by atoms with van der Waals surface area (Å²) >= 11 is 0. The lowest BCUT2D eigenvalue weighted by molar-refractivity contribution is -0.116. The average molecular weight is 151 g/mol. The first-order chi connectivity index (χ1) is 5.20. The minimum Gasteiger partial charge on any atom is -0.506 e. The SMILES string of the molecule is CC(=O)Cc1ncccc1O.